The number of benzene rings is 2. The van der Waals surface area contributed by atoms with Crippen LogP contribution in [-0.4, -0.2) is 4.98 Å². The maximum Gasteiger partial charge on any atom is 0.162 e. The first-order valence-corrected chi connectivity index (χ1v) is 5.91. The Morgan fingerprint density at radius 3 is 2.65 bits per heavy atom. The highest BCUT2D eigenvalue weighted by molar-refractivity contribution is 5.93. The van der Waals surface area contributed by atoms with E-state index in [0.29, 0.717) is 22.3 Å². The molecule has 2 aromatic carbocycles. The number of anilines is 1. The van der Waals surface area contributed by atoms with Crippen molar-refractivity contribution in [2.75, 3.05) is 5.73 Å². The van der Waals surface area contributed by atoms with Crippen LogP contribution in [0.1, 0.15) is 0 Å². The first-order valence-electron chi connectivity index (χ1n) is 5.91. The first kappa shape index (κ1) is 12.3. The van der Waals surface area contributed by atoms with Gasteiger partial charge < -0.3 is 10.5 Å². The number of fused-ring (bicyclic) bond motifs is 1. The van der Waals surface area contributed by atoms with E-state index in [-0.39, 0.29) is 5.75 Å². The second kappa shape index (κ2) is 4.77. The molecule has 0 spiro atoms. The van der Waals surface area contributed by atoms with Crippen molar-refractivity contribution in [3.63, 3.8) is 0 Å². The molecule has 1 heterocycles. The highest BCUT2D eigenvalue weighted by Gasteiger charge is 2.09. The minimum atomic E-state index is -0.958. The quantitative estimate of drug-likeness (QED) is 0.720. The van der Waals surface area contributed by atoms with Crippen molar-refractivity contribution in [2.24, 2.45) is 0 Å². The van der Waals surface area contributed by atoms with E-state index in [0.717, 1.165) is 12.1 Å². The number of halogens is 2. The van der Waals surface area contributed by atoms with Crippen LogP contribution in [0.4, 0.5) is 14.5 Å². The summed E-state index contributed by atoms with van der Waals surface area (Å²) in [7, 11) is 0. The summed E-state index contributed by atoms with van der Waals surface area (Å²) in [4.78, 5) is 4.18. The number of nitrogen functional groups attached to an aromatic ring is 1. The molecule has 3 aromatic rings. The van der Waals surface area contributed by atoms with Crippen LogP contribution in [0.2, 0.25) is 0 Å². The van der Waals surface area contributed by atoms with E-state index in [4.69, 9.17) is 10.5 Å². The number of hydrogen-bond acceptors (Lipinski definition) is 3. The third-order valence-corrected chi connectivity index (χ3v) is 2.88. The van der Waals surface area contributed by atoms with E-state index in [1.165, 1.54) is 6.07 Å². The monoisotopic (exact) mass is 272 g/mol. The summed E-state index contributed by atoms with van der Waals surface area (Å²) >= 11 is 0. The second-order valence-electron chi connectivity index (χ2n) is 4.23. The van der Waals surface area contributed by atoms with Gasteiger partial charge in [-0.1, -0.05) is 0 Å². The fraction of sp³-hybridized carbons (Fsp3) is 0. The van der Waals surface area contributed by atoms with Crippen LogP contribution < -0.4 is 10.5 Å². The summed E-state index contributed by atoms with van der Waals surface area (Å²) in [6.45, 7) is 0. The summed E-state index contributed by atoms with van der Waals surface area (Å²) in [5.74, 6) is -1.19. The normalized spacial score (nSPS) is 10.7. The van der Waals surface area contributed by atoms with Crippen molar-refractivity contribution in [3.8, 4) is 11.5 Å². The van der Waals surface area contributed by atoms with E-state index in [9.17, 15) is 8.78 Å². The Balaban J connectivity index is 2.06. The number of pyridine rings is 1. The SMILES string of the molecule is Nc1ccc(Oc2ccc(F)c(F)c2)c2cccnc12. The fourth-order valence-corrected chi connectivity index (χ4v) is 1.92. The third kappa shape index (κ3) is 2.14. The zero-order chi connectivity index (χ0) is 14.1. The van der Waals surface area contributed by atoms with E-state index < -0.39 is 11.6 Å². The maximum atomic E-state index is 13.2. The Hall–Kier alpha value is -2.69. The van der Waals surface area contributed by atoms with Gasteiger partial charge in [-0.3, -0.25) is 4.98 Å². The number of hydrogen-bond donors (Lipinski definition) is 1. The average molecular weight is 272 g/mol. The van der Waals surface area contributed by atoms with Crippen LogP contribution in [0.25, 0.3) is 10.9 Å². The molecule has 1 aromatic heterocycles. The second-order valence-corrected chi connectivity index (χ2v) is 4.23. The van der Waals surface area contributed by atoms with Crippen LogP contribution >= 0.6 is 0 Å². The molecule has 0 fully saturated rings. The molecule has 0 saturated heterocycles. The topological polar surface area (TPSA) is 48.1 Å². The minimum Gasteiger partial charge on any atom is -0.457 e. The van der Waals surface area contributed by atoms with Gasteiger partial charge in [-0.05, 0) is 36.4 Å². The average Bonchev–Trinajstić information content (AvgIpc) is 2.46. The Morgan fingerprint density at radius 1 is 1.00 bits per heavy atom. The van der Waals surface area contributed by atoms with Gasteiger partial charge in [-0.2, -0.15) is 0 Å². The Labute approximate surface area is 113 Å². The minimum absolute atomic E-state index is 0.207. The van der Waals surface area contributed by atoms with Crippen molar-refractivity contribution in [2.45, 2.75) is 0 Å². The lowest BCUT2D eigenvalue weighted by Gasteiger charge is -2.10. The van der Waals surface area contributed by atoms with Crippen LogP contribution in [0, 0.1) is 11.6 Å². The number of nitrogens with zero attached hydrogens (tertiary/aromatic N) is 1. The zero-order valence-electron chi connectivity index (χ0n) is 10.3. The number of rotatable bonds is 2. The molecule has 0 bridgehead atoms. The zero-order valence-corrected chi connectivity index (χ0v) is 10.3. The predicted molar refractivity (Wildman–Crippen MR) is 72.6 cm³/mol. The number of ether oxygens (including phenoxy) is 1. The van der Waals surface area contributed by atoms with Gasteiger partial charge in [0, 0.05) is 17.6 Å². The highest BCUT2D eigenvalue weighted by atomic mass is 19.2. The van der Waals surface area contributed by atoms with Gasteiger partial charge in [0.15, 0.2) is 11.6 Å². The molecular formula is C15H10F2N2O. The largest absolute Gasteiger partial charge is 0.457 e. The van der Waals surface area contributed by atoms with E-state index >= 15 is 0 Å². The van der Waals surface area contributed by atoms with Crippen LogP contribution in [-0.2, 0) is 0 Å². The lowest BCUT2D eigenvalue weighted by Crippen LogP contribution is -1.93. The summed E-state index contributed by atoms with van der Waals surface area (Å²) in [5.41, 5.74) is 6.97. The number of aromatic nitrogens is 1. The molecule has 0 aliphatic rings. The molecule has 0 atom stereocenters. The molecular weight excluding hydrogens is 262 g/mol. The summed E-state index contributed by atoms with van der Waals surface area (Å²) in [6.07, 6.45) is 1.63. The molecule has 20 heavy (non-hydrogen) atoms. The number of nitrogens with two attached hydrogens (primary N) is 1. The Kier molecular flexibility index (Phi) is 2.95. The van der Waals surface area contributed by atoms with Gasteiger partial charge in [-0.25, -0.2) is 8.78 Å². The van der Waals surface area contributed by atoms with Gasteiger partial charge >= 0.3 is 0 Å². The summed E-state index contributed by atoms with van der Waals surface area (Å²) < 4.78 is 31.6. The van der Waals surface area contributed by atoms with Gasteiger partial charge in [-0.15, -0.1) is 0 Å². The van der Waals surface area contributed by atoms with Crippen molar-refractivity contribution >= 4 is 16.6 Å². The van der Waals surface area contributed by atoms with Crippen molar-refractivity contribution in [1.29, 1.82) is 0 Å². The first-order chi connectivity index (χ1) is 9.65. The van der Waals surface area contributed by atoms with E-state index in [1.807, 2.05) is 0 Å². The smallest absolute Gasteiger partial charge is 0.162 e. The van der Waals surface area contributed by atoms with Crippen molar-refractivity contribution in [1.82, 2.24) is 4.98 Å². The van der Waals surface area contributed by atoms with Crippen molar-refractivity contribution in [3.05, 3.63) is 60.3 Å². The van der Waals surface area contributed by atoms with Crippen LogP contribution in [0.15, 0.2) is 48.7 Å². The predicted octanol–water partition coefficient (Wildman–Crippen LogP) is 3.89. The van der Waals surface area contributed by atoms with Crippen LogP contribution in [0.3, 0.4) is 0 Å². The molecule has 0 aliphatic carbocycles. The third-order valence-electron chi connectivity index (χ3n) is 2.88. The van der Waals surface area contributed by atoms with Crippen molar-refractivity contribution < 1.29 is 13.5 Å². The fourth-order valence-electron chi connectivity index (χ4n) is 1.92. The molecule has 0 saturated carbocycles. The van der Waals surface area contributed by atoms with Gasteiger partial charge in [0.2, 0.25) is 0 Å². The van der Waals surface area contributed by atoms with Gasteiger partial charge in [0.25, 0.3) is 0 Å². The molecule has 3 nitrogen and oxygen atoms in total. The molecule has 100 valence electrons. The lowest BCUT2D eigenvalue weighted by molar-refractivity contribution is 0.465. The van der Waals surface area contributed by atoms with Gasteiger partial charge in [0.1, 0.15) is 11.5 Å². The molecule has 5 heteroatoms. The molecule has 0 aliphatic heterocycles. The summed E-state index contributed by atoms with van der Waals surface area (Å²) in [5, 5.41) is 0.706. The molecule has 0 radical (unpaired) electrons. The summed E-state index contributed by atoms with van der Waals surface area (Å²) in [6, 6.07) is 10.2. The maximum absolute atomic E-state index is 13.2. The Morgan fingerprint density at radius 2 is 1.85 bits per heavy atom. The molecule has 3 rings (SSSR count). The van der Waals surface area contributed by atoms with Crippen LogP contribution in [0.5, 0.6) is 11.5 Å². The molecule has 0 amide bonds. The lowest BCUT2D eigenvalue weighted by atomic mass is 10.1. The van der Waals surface area contributed by atoms with Gasteiger partial charge in [0.05, 0.1) is 11.2 Å². The Bertz CT molecular complexity index is 790. The van der Waals surface area contributed by atoms with E-state index in [2.05, 4.69) is 4.98 Å². The molecule has 0 unspecified atom stereocenters. The molecule has 2 N–H and O–H groups in total. The van der Waals surface area contributed by atoms with E-state index in [1.54, 1.807) is 30.5 Å². The standard InChI is InChI=1S/C15H10F2N2O/c16-11-4-3-9(8-12(11)17)20-14-6-5-13(18)15-10(14)2-1-7-19-15/h1-8H,18H2. The highest BCUT2D eigenvalue weighted by Crippen LogP contribution is 2.32.